The Labute approximate surface area is 227 Å². The van der Waals surface area contributed by atoms with Crippen LogP contribution in [0.4, 0.5) is 0 Å². The summed E-state index contributed by atoms with van der Waals surface area (Å²) in [6.45, 7) is 0. The van der Waals surface area contributed by atoms with Crippen LogP contribution in [0.2, 0.25) is 0 Å². The zero-order chi connectivity index (χ0) is 22.1. The highest BCUT2D eigenvalue weighted by Crippen LogP contribution is 2.44. The van der Waals surface area contributed by atoms with Crippen LogP contribution in [0.3, 0.4) is 0 Å². The average Bonchev–Trinajstić information content (AvgIpc) is 3.28. The molecule has 8 heteroatoms. The number of hydrogen-bond donors (Lipinski definition) is 0. The highest BCUT2D eigenvalue weighted by molar-refractivity contribution is 9.11. The Bertz CT molecular complexity index is 1620. The molecule has 32 heavy (non-hydrogen) atoms. The van der Waals surface area contributed by atoms with Crippen LogP contribution in [-0.2, 0) is 10.8 Å². The molecule has 0 spiro atoms. The SMILES string of the molecule is O=S(c1cc(Br)cc2sc3cc(Br)ccc3c12)c1cc(Br)cc2sc3cc(Br)ccc3c12. The fourth-order valence-electron chi connectivity index (χ4n) is 4.03. The van der Waals surface area contributed by atoms with Crippen LogP contribution in [-0.4, -0.2) is 4.21 Å². The summed E-state index contributed by atoms with van der Waals surface area (Å²) in [5.74, 6) is 0. The lowest BCUT2D eigenvalue weighted by atomic mass is 10.1. The monoisotopic (exact) mass is 726 g/mol. The van der Waals surface area contributed by atoms with E-state index >= 15 is 0 Å². The van der Waals surface area contributed by atoms with Crippen molar-refractivity contribution < 1.29 is 4.21 Å². The maximum Gasteiger partial charge on any atom is 0.0864 e. The van der Waals surface area contributed by atoms with Gasteiger partial charge >= 0.3 is 0 Å². The first-order valence-electron chi connectivity index (χ1n) is 9.43. The van der Waals surface area contributed by atoms with E-state index in [9.17, 15) is 4.21 Å². The number of thiophene rings is 2. The molecule has 0 amide bonds. The fourth-order valence-corrected chi connectivity index (χ4v) is 10.6. The Morgan fingerprint density at radius 2 is 0.938 bits per heavy atom. The number of benzene rings is 4. The Morgan fingerprint density at radius 1 is 0.531 bits per heavy atom. The van der Waals surface area contributed by atoms with Crippen LogP contribution in [0.25, 0.3) is 40.3 Å². The molecule has 6 aromatic rings. The molecular formula is C24H10Br4OS3. The first kappa shape index (κ1) is 21.9. The van der Waals surface area contributed by atoms with E-state index in [0.717, 1.165) is 58.6 Å². The molecular weight excluding hydrogens is 720 g/mol. The van der Waals surface area contributed by atoms with Crippen molar-refractivity contribution in [3.8, 4) is 0 Å². The van der Waals surface area contributed by atoms with Gasteiger partial charge in [0.15, 0.2) is 0 Å². The van der Waals surface area contributed by atoms with Gasteiger partial charge in [0.25, 0.3) is 0 Å². The molecule has 2 aromatic heterocycles. The van der Waals surface area contributed by atoms with Crippen molar-refractivity contribution >= 4 is 138 Å². The molecule has 4 aromatic carbocycles. The second kappa shape index (κ2) is 8.26. The van der Waals surface area contributed by atoms with E-state index in [1.165, 1.54) is 9.40 Å². The van der Waals surface area contributed by atoms with Crippen molar-refractivity contribution in [1.82, 2.24) is 0 Å². The smallest absolute Gasteiger partial charge is 0.0864 e. The molecule has 2 heterocycles. The summed E-state index contributed by atoms with van der Waals surface area (Å²) in [6, 6.07) is 20.8. The van der Waals surface area contributed by atoms with E-state index in [0.29, 0.717) is 0 Å². The maximum absolute atomic E-state index is 14.3. The minimum Gasteiger partial charge on any atom is -0.249 e. The maximum atomic E-state index is 14.3. The lowest BCUT2D eigenvalue weighted by Gasteiger charge is -2.09. The second-order valence-electron chi connectivity index (χ2n) is 7.31. The minimum atomic E-state index is -1.37. The van der Waals surface area contributed by atoms with Crippen LogP contribution in [0, 0.1) is 0 Å². The summed E-state index contributed by atoms with van der Waals surface area (Å²) < 4.78 is 22.8. The third-order valence-electron chi connectivity index (χ3n) is 5.33. The summed E-state index contributed by atoms with van der Waals surface area (Å²) in [4.78, 5) is 1.66. The predicted octanol–water partition coefficient (Wildman–Crippen LogP) is 10.6. The Kier molecular flexibility index (Phi) is 5.65. The van der Waals surface area contributed by atoms with E-state index in [4.69, 9.17) is 0 Å². The minimum absolute atomic E-state index is 0.832. The van der Waals surface area contributed by atoms with Crippen molar-refractivity contribution in [2.24, 2.45) is 0 Å². The van der Waals surface area contributed by atoms with Gasteiger partial charge in [-0.05, 0) is 48.5 Å². The Hall–Kier alpha value is -0.610. The van der Waals surface area contributed by atoms with Gasteiger partial charge in [-0.3, -0.25) is 0 Å². The Balaban J connectivity index is 1.69. The van der Waals surface area contributed by atoms with Gasteiger partial charge in [0.2, 0.25) is 0 Å². The van der Waals surface area contributed by atoms with Crippen molar-refractivity contribution in [2.75, 3.05) is 0 Å². The zero-order valence-corrected chi connectivity index (χ0v) is 24.7. The molecule has 158 valence electrons. The highest BCUT2D eigenvalue weighted by Gasteiger charge is 2.21. The molecule has 0 N–H and O–H groups in total. The molecule has 0 aliphatic heterocycles. The largest absolute Gasteiger partial charge is 0.249 e. The second-order valence-corrected chi connectivity index (χ2v) is 14.6. The molecule has 0 radical (unpaired) electrons. The number of halogens is 4. The zero-order valence-electron chi connectivity index (χ0n) is 15.9. The summed E-state index contributed by atoms with van der Waals surface area (Å²) in [6.07, 6.45) is 0. The third-order valence-corrected chi connectivity index (χ3v) is 10.9. The number of fused-ring (bicyclic) bond motifs is 6. The molecule has 0 fully saturated rings. The standard InChI is InChI=1S/C24H10Br4OS3/c25-11-1-3-15-17(5-11)30-19-7-13(27)9-21(23(15)19)32(29)22-10-14(28)8-20-24(22)16-4-2-12(26)6-18(16)31-20/h1-10H. The van der Waals surface area contributed by atoms with Gasteiger partial charge in [0, 0.05) is 58.2 Å². The molecule has 0 saturated heterocycles. The molecule has 0 aliphatic carbocycles. The van der Waals surface area contributed by atoms with Crippen molar-refractivity contribution in [3.05, 3.63) is 78.6 Å². The third kappa shape index (κ3) is 3.58. The molecule has 6 rings (SSSR count). The molecule has 0 aliphatic rings. The van der Waals surface area contributed by atoms with Crippen LogP contribution in [0.5, 0.6) is 0 Å². The molecule has 0 unspecified atom stereocenters. The van der Waals surface area contributed by atoms with Gasteiger partial charge in [-0.25, -0.2) is 4.21 Å². The molecule has 0 saturated carbocycles. The summed E-state index contributed by atoms with van der Waals surface area (Å²) in [7, 11) is -1.37. The van der Waals surface area contributed by atoms with E-state index in [1.807, 2.05) is 24.3 Å². The average molecular weight is 730 g/mol. The normalized spacial score (nSPS) is 12.2. The fraction of sp³-hybridized carbons (Fsp3) is 0. The summed E-state index contributed by atoms with van der Waals surface area (Å²) in [5.41, 5.74) is 0. The van der Waals surface area contributed by atoms with Gasteiger partial charge in [0.05, 0.1) is 20.6 Å². The topological polar surface area (TPSA) is 17.1 Å². The van der Waals surface area contributed by atoms with Gasteiger partial charge in [-0.1, -0.05) is 75.9 Å². The van der Waals surface area contributed by atoms with Gasteiger partial charge in [-0.2, -0.15) is 0 Å². The summed E-state index contributed by atoms with van der Waals surface area (Å²) in [5, 5.41) is 4.40. The van der Waals surface area contributed by atoms with E-state index < -0.39 is 10.8 Å². The quantitative estimate of drug-likeness (QED) is 0.173. The van der Waals surface area contributed by atoms with E-state index in [-0.39, 0.29) is 0 Å². The molecule has 0 atom stereocenters. The van der Waals surface area contributed by atoms with Crippen molar-refractivity contribution in [1.29, 1.82) is 0 Å². The van der Waals surface area contributed by atoms with E-state index in [1.54, 1.807) is 22.7 Å². The predicted molar refractivity (Wildman–Crippen MR) is 154 cm³/mol. The van der Waals surface area contributed by atoms with Crippen LogP contribution >= 0.6 is 86.4 Å². The van der Waals surface area contributed by atoms with Crippen LogP contribution in [0.1, 0.15) is 0 Å². The first-order chi connectivity index (χ1) is 15.4. The molecule has 0 bridgehead atoms. The highest BCUT2D eigenvalue weighted by atomic mass is 79.9. The van der Waals surface area contributed by atoms with Gasteiger partial charge in [-0.15, -0.1) is 22.7 Å². The van der Waals surface area contributed by atoms with Crippen LogP contribution in [0.15, 0.2) is 88.3 Å². The lowest BCUT2D eigenvalue weighted by molar-refractivity contribution is 0.684. The molecule has 1 nitrogen and oxygen atoms in total. The van der Waals surface area contributed by atoms with Crippen molar-refractivity contribution in [2.45, 2.75) is 9.79 Å². The van der Waals surface area contributed by atoms with E-state index in [2.05, 4.69) is 100 Å². The Morgan fingerprint density at radius 3 is 1.38 bits per heavy atom. The van der Waals surface area contributed by atoms with Crippen molar-refractivity contribution in [3.63, 3.8) is 0 Å². The lowest BCUT2D eigenvalue weighted by Crippen LogP contribution is -1.95. The summed E-state index contributed by atoms with van der Waals surface area (Å²) >= 11 is 17.9. The van der Waals surface area contributed by atoms with Crippen LogP contribution < -0.4 is 0 Å². The first-order valence-corrected chi connectivity index (χ1v) is 15.4. The number of hydrogen-bond acceptors (Lipinski definition) is 3. The van der Waals surface area contributed by atoms with Gasteiger partial charge < -0.3 is 0 Å². The van der Waals surface area contributed by atoms with Gasteiger partial charge in [0.1, 0.15) is 0 Å². The number of rotatable bonds is 2.